The van der Waals surface area contributed by atoms with Crippen molar-refractivity contribution in [2.75, 3.05) is 0 Å². The van der Waals surface area contributed by atoms with Crippen molar-refractivity contribution in [1.82, 2.24) is 0 Å². The van der Waals surface area contributed by atoms with Crippen LogP contribution < -0.4 is 0 Å². The van der Waals surface area contributed by atoms with Gasteiger partial charge in [-0.25, -0.2) is 0 Å². The van der Waals surface area contributed by atoms with Crippen LogP contribution in [0.1, 0.15) is 38.5 Å². The fraction of sp³-hybridized carbons (Fsp3) is 1.00. The lowest BCUT2D eigenvalue weighted by Gasteiger charge is -2.32. The molecule has 0 amide bonds. The molecule has 3 rings (SSSR count). The predicted octanol–water partition coefficient (Wildman–Crippen LogP) is 3.91. The summed E-state index contributed by atoms with van der Waals surface area (Å²) in [5.41, 5.74) is 0. The smallest absolute Gasteiger partial charge is 0.118 e. The molecule has 4 heteroatoms. The average molecular weight is 301 g/mol. The van der Waals surface area contributed by atoms with Gasteiger partial charge in [-0.1, -0.05) is 0 Å². The maximum absolute atomic E-state index is 6.57. The third kappa shape index (κ3) is 1.90. The predicted molar refractivity (Wildman–Crippen MR) is 75.4 cm³/mol. The van der Waals surface area contributed by atoms with Gasteiger partial charge in [0, 0.05) is 23.7 Å². The summed E-state index contributed by atoms with van der Waals surface area (Å²) in [6, 6.07) is 0. The van der Waals surface area contributed by atoms with Crippen LogP contribution in [0, 0.1) is 0 Å². The van der Waals surface area contributed by atoms with Crippen molar-refractivity contribution >= 4 is 45.7 Å². The molecular formula is C12H18Cl3S+. The van der Waals surface area contributed by atoms with Crippen LogP contribution in [0.5, 0.6) is 0 Å². The first kappa shape index (κ1) is 12.3. The van der Waals surface area contributed by atoms with Gasteiger partial charge in [-0.15, -0.1) is 34.8 Å². The van der Waals surface area contributed by atoms with Gasteiger partial charge in [0.2, 0.25) is 0 Å². The van der Waals surface area contributed by atoms with Crippen LogP contribution in [0.4, 0.5) is 0 Å². The normalized spacial score (nSPS) is 56.8. The van der Waals surface area contributed by atoms with Crippen molar-refractivity contribution in [3.05, 3.63) is 0 Å². The Labute approximate surface area is 116 Å². The standard InChI is InChI=1S/C12H18Cl3S/c13-7-1-2-8(14)11-5-6-12-9(15)3-4-10(7)16(11)12/h7-12H,1-6H2/q+1/t7-,8+,9+,10+,11+,12-,16?/m0/s1. The van der Waals surface area contributed by atoms with Crippen LogP contribution in [0.15, 0.2) is 0 Å². The van der Waals surface area contributed by atoms with E-state index in [1.54, 1.807) is 0 Å². The number of hydrogen-bond acceptors (Lipinski definition) is 0. The Morgan fingerprint density at radius 1 is 0.562 bits per heavy atom. The van der Waals surface area contributed by atoms with Crippen LogP contribution in [-0.4, -0.2) is 31.9 Å². The van der Waals surface area contributed by atoms with Crippen molar-refractivity contribution in [1.29, 1.82) is 0 Å². The molecule has 0 aromatic heterocycles. The Bertz CT molecular complexity index is 273. The highest BCUT2D eigenvalue weighted by Gasteiger charge is 2.59. The molecule has 3 heterocycles. The van der Waals surface area contributed by atoms with Crippen molar-refractivity contribution < 1.29 is 0 Å². The topological polar surface area (TPSA) is 0 Å². The average Bonchev–Trinajstić information content (AvgIpc) is 2.67. The zero-order valence-corrected chi connectivity index (χ0v) is 12.3. The minimum atomic E-state index is 0.361. The van der Waals surface area contributed by atoms with E-state index in [0.717, 1.165) is 28.6 Å². The molecule has 0 aromatic carbocycles. The second-order valence-corrected chi connectivity index (χ2v) is 9.62. The summed E-state index contributed by atoms with van der Waals surface area (Å²) in [5.74, 6) is 0. The van der Waals surface area contributed by atoms with E-state index in [9.17, 15) is 0 Å². The second-order valence-electron chi connectivity index (χ2n) is 5.30. The summed E-state index contributed by atoms with van der Waals surface area (Å²) in [5, 5.41) is 3.29. The maximum Gasteiger partial charge on any atom is 0.135 e. The molecule has 3 aliphatic rings. The van der Waals surface area contributed by atoms with Crippen molar-refractivity contribution in [2.45, 2.75) is 70.4 Å². The van der Waals surface area contributed by atoms with E-state index >= 15 is 0 Å². The molecule has 7 atom stereocenters. The number of rotatable bonds is 0. The number of halogens is 3. The van der Waals surface area contributed by atoms with E-state index in [1.165, 1.54) is 25.7 Å². The van der Waals surface area contributed by atoms with E-state index in [0.29, 0.717) is 27.0 Å². The van der Waals surface area contributed by atoms with E-state index in [1.807, 2.05) is 0 Å². The molecule has 92 valence electrons. The van der Waals surface area contributed by atoms with Crippen molar-refractivity contribution in [3.63, 3.8) is 0 Å². The SMILES string of the molecule is Cl[C@@H]1CC[C@H](Cl)[C@H]2CC[C@@H](Cl)[C@@H]3CC[C@H]1[S+]23. The van der Waals surface area contributed by atoms with E-state index in [2.05, 4.69) is 0 Å². The first-order valence-electron chi connectivity index (χ1n) is 6.31. The molecule has 0 nitrogen and oxygen atoms in total. The molecule has 3 aliphatic heterocycles. The first-order chi connectivity index (χ1) is 7.68. The molecule has 0 radical (unpaired) electrons. The largest absolute Gasteiger partial charge is 0.135 e. The third-order valence-electron chi connectivity index (χ3n) is 4.44. The molecule has 0 spiro atoms. The Hall–Kier alpha value is 1.22. The molecule has 0 aliphatic carbocycles. The van der Waals surface area contributed by atoms with Gasteiger partial charge < -0.3 is 0 Å². The van der Waals surface area contributed by atoms with Crippen LogP contribution in [0.25, 0.3) is 0 Å². The lowest BCUT2D eigenvalue weighted by molar-refractivity contribution is 0.548. The van der Waals surface area contributed by atoms with Gasteiger partial charge in [-0.3, -0.25) is 0 Å². The summed E-state index contributed by atoms with van der Waals surface area (Å²) < 4.78 is 0. The zero-order valence-electron chi connectivity index (χ0n) is 9.25. The van der Waals surface area contributed by atoms with Crippen LogP contribution in [0.3, 0.4) is 0 Å². The molecule has 0 saturated carbocycles. The first-order valence-corrected chi connectivity index (χ1v) is 9.03. The van der Waals surface area contributed by atoms with E-state index in [-0.39, 0.29) is 0 Å². The quantitative estimate of drug-likeness (QED) is 0.470. The molecule has 0 bridgehead atoms. The maximum atomic E-state index is 6.57. The summed E-state index contributed by atoms with van der Waals surface area (Å²) in [7, 11) is 0.416. The van der Waals surface area contributed by atoms with Gasteiger partial charge >= 0.3 is 0 Å². The lowest BCUT2D eigenvalue weighted by Crippen LogP contribution is -2.47. The summed E-state index contributed by atoms with van der Waals surface area (Å²) in [4.78, 5) is 0. The van der Waals surface area contributed by atoms with Crippen molar-refractivity contribution in [3.8, 4) is 0 Å². The summed E-state index contributed by atoms with van der Waals surface area (Å²) in [6.45, 7) is 0. The van der Waals surface area contributed by atoms with Crippen molar-refractivity contribution in [2.24, 2.45) is 0 Å². The zero-order chi connectivity index (χ0) is 11.3. The molecule has 0 N–H and O–H groups in total. The summed E-state index contributed by atoms with van der Waals surface area (Å²) >= 11 is 19.6. The Morgan fingerprint density at radius 2 is 0.875 bits per heavy atom. The molecule has 3 fully saturated rings. The van der Waals surface area contributed by atoms with Gasteiger partial charge in [0.05, 0.1) is 16.1 Å². The molecule has 1 unspecified atom stereocenters. The Balaban J connectivity index is 1.91. The highest BCUT2D eigenvalue weighted by atomic mass is 35.5. The molecule has 0 aromatic rings. The minimum absolute atomic E-state index is 0.361. The van der Waals surface area contributed by atoms with Gasteiger partial charge in [-0.05, 0) is 25.7 Å². The van der Waals surface area contributed by atoms with E-state index in [4.69, 9.17) is 34.8 Å². The highest BCUT2D eigenvalue weighted by molar-refractivity contribution is 7.99. The number of alkyl halides is 3. The fourth-order valence-electron chi connectivity index (χ4n) is 3.66. The van der Waals surface area contributed by atoms with Crippen LogP contribution in [-0.2, 0) is 10.9 Å². The number of hydrogen-bond donors (Lipinski definition) is 0. The second kappa shape index (κ2) is 4.72. The monoisotopic (exact) mass is 299 g/mol. The molecule has 3 saturated heterocycles. The third-order valence-corrected chi connectivity index (χ3v) is 10.2. The lowest BCUT2D eigenvalue weighted by atomic mass is 10.00. The van der Waals surface area contributed by atoms with Gasteiger partial charge in [0.1, 0.15) is 15.7 Å². The van der Waals surface area contributed by atoms with Crippen LogP contribution >= 0.6 is 34.8 Å². The summed E-state index contributed by atoms with van der Waals surface area (Å²) in [6.07, 6.45) is 7.22. The fourth-order valence-corrected chi connectivity index (χ4v) is 9.49. The molecule has 16 heavy (non-hydrogen) atoms. The van der Waals surface area contributed by atoms with Gasteiger partial charge in [0.15, 0.2) is 0 Å². The van der Waals surface area contributed by atoms with Gasteiger partial charge in [0.25, 0.3) is 0 Å². The Kier molecular flexibility index (Phi) is 3.62. The van der Waals surface area contributed by atoms with E-state index < -0.39 is 0 Å². The molecular weight excluding hydrogens is 283 g/mol. The van der Waals surface area contributed by atoms with Crippen LogP contribution in [0.2, 0.25) is 0 Å². The minimum Gasteiger partial charge on any atom is -0.118 e. The van der Waals surface area contributed by atoms with Gasteiger partial charge in [-0.2, -0.15) is 0 Å². The Morgan fingerprint density at radius 3 is 1.31 bits per heavy atom. The highest BCUT2D eigenvalue weighted by Crippen LogP contribution is 2.49.